The average Bonchev–Trinajstić information content (AvgIpc) is 2.41. The molecule has 3 nitrogen and oxygen atoms in total. The Hall–Kier alpha value is -2.08. The van der Waals surface area contributed by atoms with Gasteiger partial charge in [0.15, 0.2) is 15.6 Å². The van der Waals surface area contributed by atoms with Gasteiger partial charge in [-0.15, -0.1) is 0 Å². The monoisotopic (exact) mass is 310 g/mol. The van der Waals surface area contributed by atoms with Crippen LogP contribution in [0.2, 0.25) is 0 Å². The molecule has 2 aromatic rings. The fraction of sp³-hybridized carbons (Fsp3) is 0.133. The van der Waals surface area contributed by atoms with Crippen molar-refractivity contribution in [1.29, 1.82) is 0 Å². The predicted octanol–water partition coefficient (Wildman–Crippen LogP) is 2.93. The third-order valence-electron chi connectivity index (χ3n) is 2.93. The molecule has 2 rings (SSSR count). The molecule has 0 aliphatic rings. The van der Waals surface area contributed by atoms with E-state index in [1.54, 1.807) is 19.1 Å². The van der Waals surface area contributed by atoms with E-state index in [0.717, 1.165) is 17.7 Å². The number of Topliss-reactive ketones (excluding diaryl/α,β-unsaturated/α-hetero) is 1. The maximum atomic E-state index is 13.5. The summed E-state index contributed by atoms with van der Waals surface area (Å²) in [6.07, 6.45) is 0. The second-order valence-electron chi connectivity index (χ2n) is 4.62. The Kier molecular flexibility index (Phi) is 4.18. The molecule has 0 aliphatic carbocycles. The maximum Gasteiger partial charge on any atom is 0.185 e. The molecule has 0 N–H and O–H groups in total. The van der Waals surface area contributed by atoms with E-state index in [1.165, 1.54) is 12.1 Å². The average molecular weight is 310 g/mol. The van der Waals surface area contributed by atoms with Gasteiger partial charge >= 0.3 is 0 Å². The molecule has 0 aromatic heterocycles. The Labute approximate surface area is 121 Å². The lowest BCUT2D eigenvalue weighted by atomic mass is 10.1. The van der Waals surface area contributed by atoms with Gasteiger partial charge in [-0.25, -0.2) is 17.2 Å². The van der Waals surface area contributed by atoms with Crippen molar-refractivity contribution in [1.82, 2.24) is 0 Å². The van der Waals surface area contributed by atoms with Crippen molar-refractivity contribution in [3.63, 3.8) is 0 Å². The maximum absolute atomic E-state index is 13.5. The number of hydrogen-bond acceptors (Lipinski definition) is 3. The van der Waals surface area contributed by atoms with Crippen LogP contribution in [0.25, 0.3) is 0 Å². The van der Waals surface area contributed by atoms with Gasteiger partial charge in [0, 0.05) is 0 Å². The van der Waals surface area contributed by atoms with Gasteiger partial charge < -0.3 is 0 Å². The number of hydrogen-bond donors (Lipinski definition) is 0. The summed E-state index contributed by atoms with van der Waals surface area (Å²) in [7, 11) is -3.89. The van der Waals surface area contributed by atoms with Crippen molar-refractivity contribution in [2.75, 3.05) is 5.75 Å². The Morgan fingerprint density at radius 1 is 1.05 bits per heavy atom. The van der Waals surface area contributed by atoms with Crippen LogP contribution in [0.15, 0.2) is 47.4 Å². The lowest BCUT2D eigenvalue weighted by Crippen LogP contribution is -2.17. The number of rotatable bonds is 4. The molecule has 0 unspecified atom stereocenters. The van der Waals surface area contributed by atoms with Crippen LogP contribution in [-0.2, 0) is 9.84 Å². The van der Waals surface area contributed by atoms with E-state index < -0.39 is 38.6 Å². The summed E-state index contributed by atoms with van der Waals surface area (Å²) in [5.41, 5.74) is 0.308. The molecule has 21 heavy (non-hydrogen) atoms. The van der Waals surface area contributed by atoms with Crippen molar-refractivity contribution in [3.8, 4) is 0 Å². The lowest BCUT2D eigenvalue weighted by Gasteiger charge is -2.05. The third-order valence-corrected chi connectivity index (χ3v) is 4.56. The summed E-state index contributed by atoms with van der Waals surface area (Å²) in [6, 6.07) is 8.30. The molecule has 0 spiro atoms. The molecule has 110 valence electrons. The summed E-state index contributed by atoms with van der Waals surface area (Å²) >= 11 is 0. The van der Waals surface area contributed by atoms with Gasteiger partial charge in [-0.1, -0.05) is 17.7 Å². The first-order valence-corrected chi connectivity index (χ1v) is 7.72. The van der Waals surface area contributed by atoms with Gasteiger partial charge in [-0.3, -0.25) is 4.79 Å². The Bertz CT molecular complexity index is 781. The highest BCUT2D eigenvalue weighted by molar-refractivity contribution is 7.92. The van der Waals surface area contributed by atoms with Crippen molar-refractivity contribution in [3.05, 3.63) is 65.2 Å². The number of carbonyl (C=O) groups excluding carboxylic acids is 1. The lowest BCUT2D eigenvalue weighted by molar-refractivity contribution is 0.101. The molecule has 0 bridgehead atoms. The van der Waals surface area contributed by atoms with Gasteiger partial charge in [0.05, 0.1) is 10.5 Å². The number of aryl methyl sites for hydroxylation is 1. The predicted molar refractivity (Wildman–Crippen MR) is 73.9 cm³/mol. The second-order valence-corrected chi connectivity index (χ2v) is 6.61. The smallest absolute Gasteiger partial charge is 0.185 e. The number of benzene rings is 2. The van der Waals surface area contributed by atoms with Crippen LogP contribution in [0, 0.1) is 18.6 Å². The molecule has 0 fully saturated rings. The number of carbonyl (C=O) groups is 1. The van der Waals surface area contributed by atoms with Gasteiger partial charge in [0.2, 0.25) is 0 Å². The fourth-order valence-corrected chi connectivity index (χ4v) is 3.01. The highest BCUT2D eigenvalue weighted by Crippen LogP contribution is 2.16. The van der Waals surface area contributed by atoms with E-state index in [4.69, 9.17) is 0 Å². The first kappa shape index (κ1) is 15.3. The van der Waals surface area contributed by atoms with E-state index in [9.17, 15) is 22.0 Å². The van der Waals surface area contributed by atoms with E-state index in [2.05, 4.69) is 0 Å². The first-order chi connectivity index (χ1) is 9.79. The molecule has 2 aromatic carbocycles. The quantitative estimate of drug-likeness (QED) is 0.816. The summed E-state index contributed by atoms with van der Waals surface area (Å²) in [5, 5.41) is 0. The molecule has 0 saturated carbocycles. The highest BCUT2D eigenvalue weighted by atomic mass is 32.2. The minimum atomic E-state index is -3.89. The fourth-order valence-electron chi connectivity index (χ4n) is 1.79. The van der Waals surface area contributed by atoms with Crippen LogP contribution in [0.3, 0.4) is 0 Å². The Morgan fingerprint density at radius 3 is 2.29 bits per heavy atom. The SMILES string of the molecule is Cc1ccc(S(=O)(=O)CC(=O)c2cc(F)ccc2F)cc1. The summed E-state index contributed by atoms with van der Waals surface area (Å²) in [5.74, 6) is -3.63. The molecule has 0 aliphatic heterocycles. The molecule has 0 heterocycles. The van der Waals surface area contributed by atoms with E-state index in [-0.39, 0.29) is 4.90 Å². The largest absolute Gasteiger partial charge is 0.293 e. The summed E-state index contributed by atoms with van der Waals surface area (Å²) in [6.45, 7) is 1.80. The standard InChI is InChI=1S/C15H12F2O3S/c1-10-2-5-12(6-3-10)21(19,20)9-15(18)13-8-11(16)4-7-14(13)17/h2-8H,9H2,1H3. The van der Waals surface area contributed by atoms with E-state index in [1.807, 2.05) is 0 Å². The van der Waals surface area contributed by atoms with Gasteiger partial charge in [0.25, 0.3) is 0 Å². The highest BCUT2D eigenvalue weighted by Gasteiger charge is 2.22. The molecular formula is C15H12F2O3S. The minimum absolute atomic E-state index is 0.0294. The zero-order chi connectivity index (χ0) is 15.6. The topological polar surface area (TPSA) is 51.2 Å². The van der Waals surface area contributed by atoms with Crippen LogP contribution in [0.4, 0.5) is 8.78 Å². The first-order valence-electron chi connectivity index (χ1n) is 6.07. The Balaban J connectivity index is 2.30. The molecular weight excluding hydrogens is 298 g/mol. The third kappa shape index (κ3) is 3.52. The second kappa shape index (κ2) is 5.73. The summed E-state index contributed by atoms with van der Waals surface area (Å²) < 4.78 is 50.7. The zero-order valence-corrected chi connectivity index (χ0v) is 12.0. The normalized spacial score (nSPS) is 11.4. The van der Waals surface area contributed by atoms with Crippen LogP contribution >= 0.6 is 0 Å². The zero-order valence-electron chi connectivity index (χ0n) is 11.1. The van der Waals surface area contributed by atoms with Gasteiger partial charge in [0.1, 0.15) is 17.4 Å². The summed E-state index contributed by atoms with van der Waals surface area (Å²) in [4.78, 5) is 11.9. The minimum Gasteiger partial charge on any atom is -0.293 e. The Morgan fingerprint density at radius 2 is 1.67 bits per heavy atom. The molecule has 0 amide bonds. The van der Waals surface area contributed by atoms with E-state index >= 15 is 0 Å². The molecule has 0 saturated heterocycles. The number of ketones is 1. The molecule has 6 heteroatoms. The van der Waals surface area contributed by atoms with Crippen LogP contribution in [0.5, 0.6) is 0 Å². The number of sulfone groups is 1. The van der Waals surface area contributed by atoms with E-state index in [0.29, 0.717) is 6.07 Å². The van der Waals surface area contributed by atoms with Crippen molar-refractivity contribution in [2.24, 2.45) is 0 Å². The van der Waals surface area contributed by atoms with Crippen molar-refractivity contribution >= 4 is 15.6 Å². The number of halogens is 2. The van der Waals surface area contributed by atoms with Crippen LogP contribution in [-0.4, -0.2) is 20.0 Å². The molecule has 0 atom stereocenters. The molecule has 0 radical (unpaired) electrons. The van der Waals surface area contributed by atoms with Gasteiger partial charge in [-0.2, -0.15) is 0 Å². The van der Waals surface area contributed by atoms with Crippen LogP contribution in [0.1, 0.15) is 15.9 Å². The van der Waals surface area contributed by atoms with Crippen molar-refractivity contribution in [2.45, 2.75) is 11.8 Å². The van der Waals surface area contributed by atoms with Crippen molar-refractivity contribution < 1.29 is 22.0 Å². The van der Waals surface area contributed by atoms with Crippen LogP contribution < -0.4 is 0 Å². The van der Waals surface area contributed by atoms with Gasteiger partial charge in [-0.05, 0) is 37.3 Å².